The van der Waals surface area contributed by atoms with Gasteiger partial charge in [-0.1, -0.05) is 0 Å². The number of hydrogen-bond donors (Lipinski definition) is 1. The number of rotatable bonds is 6. The quantitative estimate of drug-likeness (QED) is 0.560. The highest BCUT2D eigenvalue weighted by Crippen LogP contribution is 2.39. The van der Waals surface area contributed by atoms with Gasteiger partial charge in [0.2, 0.25) is 11.8 Å². The Bertz CT molecular complexity index is 971. The Hall–Kier alpha value is -1.91. The minimum absolute atomic E-state index is 0.00245. The molecule has 1 N–H and O–H groups in total. The van der Waals surface area contributed by atoms with Crippen LogP contribution < -0.4 is 5.32 Å². The summed E-state index contributed by atoms with van der Waals surface area (Å²) in [5, 5.41) is 11.8. The number of halogens is 3. The average molecular weight is 534 g/mol. The number of alkyl halides is 3. The SMILES string of the molecule is N#CC1CN(S(=O)(=O)N2CCC[C@H](C(=O)N3CCC[C@@H]3C(=O)NC[C@H]3CC[C@@H](C(F)(F)F)CC3)C2)C1. The molecule has 0 aromatic heterocycles. The van der Waals surface area contributed by atoms with E-state index in [-0.39, 0.29) is 56.1 Å². The van der Waals surface area contributed by atoms with Gasteiger partial charge in [-0.15, -0.1) is 0 Å². The first-order valence-electron chi connectivity index (χ1n) is 12.8. The molecule has 2 atom stereocenters. The van der Waals surface area contributed by atoms with Crippen LogP contribution in [0.5, 0.6) is 0 Å². The monoisotopic (exact) mass is 533 g/mol. The fourth-order valence-electron chi connectivity index (χ4n) is 5.82. The lowest BCUT2D eigenvalue weighted by molar-refractivity contribution is -0.183. The van der Waals surface area contributed by atoms with Crippen LogP contribution in [0.25, 0.3) is 0 Å². The third-order valence-corrected chi connectivity index (χ3v) is 10.1. The molecule has 0 aromatic rings. The average Bonchev–Trinajstić information content (AvgIpc) is 3.31. The van der Waals surface area contributed by atoms with Crippen LogP contribution >= 0.6 is 0 Å². The summed E-state index contributed by atoms with van der Waals surface area (Å²) in [5.74, 6) is -2.62. The number of nitrogens with one attached hydrogen (secondary N) is 1. The molecule has 4 aliphatic rings. The predicted molar refractivity (Wildman–Crippen MR) is 123 cm³/mol. The first-order valence-corrected chi connectivity index (χ1v) is 14.2. The van der Waals surface area contributed by atoms with E-state index in [0.29, 0.717) is 58.2 Å². The maximum Gasteiger partial charge on any atom is 0.391 e. The molecule has 9 nitrogen and oxygen atoms in total. The zero-order chi connectivity index (χ0) is 26.1. The smallest absolute Gasteiger partial charge is 0.354 e. The Morgan fingerprint density at radius 1 is 0.944 bits per heavy atom. The summed E-state index contributed by atoms with van der Waals surface area (Å²) in [6.07, 6.45) is -0.931. The highest BCUT2D eigenvalue weighted by Gasteiger charge is 2.44. The number of likely N-dealkylation sites (tertiary alicyclic amines) is 1. The van der Waals surface area contributed by atoms with Gasteiger partial charge in [0.25, 0.3) is 10.2 Å². The van der Waals surface area contributed by atoms with E-state index in [1.54, 1.807) is 4.90 Å². The zero-order valence-corrected chi connectivity index (χ0v) is 21.1. The summed E-state index contributed by atoms with van der Waals surface area (Å²) in [4.78, 5) is 27.8. The fraction of sp³-hybridized carbons (Fsp3) is 0.870. The molecule has 13 heteroatoms. The Labute approximate surface area is 210 Å². The van der Waals surface area contributed by atoms with Crippen LogP contribution in [0.15, 0.2) is 0 Å². The van der Waals surface area contributed by atoms with Gasteiger partial charge in [-0.05, 0) is 57.3 Å². The van der Waals surface area contributed by atoms with E-state index in [9.17, 15) is 31.2 Å². The van der Waals surface area contributed by atoms with Gasteiger partial charge in [0.15, 0.2) is 0 Å². The molecule has 4 rings (SSSR count). The van der Waals surface area contributed by atoms with E-state index < -0.39 is 34.3 Å². The number of nitriles is 1. The number of piperidine rings is 1. The van der Waals surface area contributed by atoms with Crippen LogP contribution in [-0.4, -0.2) is 85.2 Å². The van der Waals surface area contributed by atoms with E-state index in [2.05, 4.69) is 11.4 Å². The van der Waals surface area contributed by atoms with Crippen molar-refractivity contribution in [2.45, 2.75) is 63.6 Å². The van der Waals surface area contributed by atoms with Crippen molar-refractivity contribution >= 4 is 22.0 Å². The Balaban J connectivity index is 1.28. The van der Waals surface area contributed by atoms with Crippen molar-refractivity contribution in [1.29, 1.82) is 5.26 Å². The molecule has 0 radical (unpaired) electrons. The maximum absolute atomic E-state index is 13.3. The van der Waals surface area contributed by atoms with Crippen LogP contribution in [0.1, 0.15) is 51.4 Å². The first-order chi connectivity index (χ1) is 17.0. The molecule has 0 bridgehead atoms. The zero-order valence-electron chi connectivity index (χ0n) is 20.3. The number of hydrogen-bond acceptors (Lipinski definition) is 5. The molecule has 3 aliphatic heterocycles. The summed E-state index contributed by atoms with van der Waals surface area (Å²) in [5.41, 5.74) is 0. The van der Waals surface area contributed by atoms with Crippen LogP contribution in [-0.2, 0) is 19.8 Å². The summed E-state index contributed by atoms with van der Waals surface area (Å²) in [6, 6.07) is 1.42. The van der Waals surface area contributed by atoms with Crippen LogP contribution in [0.2, 0.25) is 0 Å². The number of nitrogens with zero attached hydrogens (tertiary/aromatic N) is 4. The second-order valence-corrected chi connectivity index (χ2v) is 12.5. The molecule has 4 fully saturated rings. The lowest BCUT2D eigenvalue weighted by atomic mass is 9.81. The van der Waals surface area contributed by atoms with Crippen molar-refractivity contribution in [2.24, 2.45) is 23.7 Å². The molecule has 1 aliphatic carbocycles. The van der Waals surface area contributed by atoms with Gasteiger partial charge in [0.05, 0.1) is 23.8 Å². The number of carbonyl (C=O) groups excluding carboxylic acids is 2. The van der Waals surface area contributed by atoms with E-state index in [4.69, 9.17) is 5.26 Å². The molecule has 3 heterocycles. The molecule has 0 aromatic carbocycles. The number of carbonyl (C=O) groups is 2. The van der Waals surface area contributed by atoms with Crippen molar-refractivity contribution in [3.8, 4) is 6.07 Å². The molecular weight excluding hydrogens is 499 g/mol. The summed E-state index contributed by atoms with van der Waals surface area (Å²) in [6.45, 7) is 1.44. The lowest BCUT2D eigenvalue weighted by Crippen LogP contribution is -2.57. The van der Waals surface area contributed by atoms with Gasteiger partial charge in [-0.3, -0.25) is 9.59 Å². The molecule has 0 spiro atoms. The summed E-state index contributed by atoms with van der Waals surface area (Å²) >= 11 is 0. The van der Waals surface area contributed by atoms with Gasteiger partial charge >= 0.3 is 6.18 Å². The van der Waals surface area contributed by atoms with Crippen molar-refractivity contribution in [3.63, 3.8) is 0 Å². The lowest BCUT2D eigenvalue weighted by Gasteiger charge is -2.41. The van der Waals surface area contributed by atoms with Crippen molar-refractivity contribution < 1.29 is 31.2 Å². The Kier molecular flexibility index (Phi) is 8.16. The van der Waals surface area contributed by atoms with Crippen molar-refractivity contribution in [2.75, 3.05) is 39.3 Å². The van der Waals surface area contributed by atoms with Gasteiger partial charge in [-0.25, -0.2) is 0 Å². The first kappa shape index (κ1) is 27.1. The highest BCUT2D eigenvalue weighted by atomic mass is 32.2. The minimum atomic E-state index is -4.17. The van der Waals surface area contributed by atoms with E-state index in [1.165, 1.54) is 8.61 Å². The highest BCUT2D eigenvalue weighted by molar-refractivity contribution is 7.86. The van der Waals surface area contributed by atoms with Gasteiger partial charge in [0, 0.05) is 39.3 Å². The van der Waals surface area contributed by atoms with Gasteiger partial charge in [-0.2, -0.15) is 35.5 Å². The summed E-state index contributed by atoms with van der Waals surface area (Å²) < 4.78 is 67.0. The normalized spacial score (nSPS) is 31.0. The van der Waals surface area contributed by atoms with Gasteiger partial charge in [0.1, 0.15) is 6.04 Å². The molecule has 0 unspecified atom stereocenters. The molecule has 3 saturated heterocycles. The molecular formula is C23H34F3N5O4S. The topological polar surface area (TPSA) is 114 Å². The standard InChI is InChI=1S/C23H34F3N5O4S/c24-23(25,26)19-7-5-16(6-8-19)12-28-21(32)20-4-2-10-31(20)22(33)18-3-1-9-29(15-18)36(34,35)30-13-17(11-27)14-30/h16-20H,1-10,12-15H2,(H,28,32)/t16-,18-,19+,20+/m0/s1. The summed E-state index contributed by atoms with van der Waals surface area (Å²) in [7, 11) is -3.73. The largest absolute Gasteiger partial charge is 0.391 e. The molecule has 1 saturated carbocycles. The Morgan fingerprint density at radius 3 is 2.25 bits per heavy atom. The van der Waals surface area contributed by atoms with Crippen LogP contribution in [0, 0.1) is 35.0 Å². The molecule has 36 heavy (non-hydrogen) atoms. The minimum Gasteiger partial charge on any atom is -0.354 e. The van der Waals surface area contributed by atoms with Crippen LogP contribution in [0.3, 0.4) is 0 Å². The van der Waals surface area contributed by atoms with E-state index in [1.807, 2.05) is 0 Å². The second-order valence-electron chi connectivity index (χ2n) is 10.5. The third kappa shape index (κ3) is 5.81. The van der Waals surface area contributed by atoms with E-state index >= 15 is 0 Å². The second kappa shape index (κ2) is 10.8. The van der Waals surface area contributed by atoms with Crippen LogP contribution in [0.4, 0.5) is 13.2 Å². The maximum atomic E-state index is 13.3. The molecule has 202 valence electrons. The fourth-order valence-corrected chi connectivity index (χ4v) is 7.61. The Morgan fingerprint density at radius 2 is 1.61 bits per heavy atom. The predicted octanol–water partition coefficient (Wildman–Crippen LogP) is 1.87. The van der Waals surface area contributed by atoms with Crippen molar-refractivity contribution in [3.05, 3.63) is 0 Å². The van der Waals surface area contributed by atoms with Gasteiger partial charge < -0.3 is 10.2 Å². The number of amides is 2. The third-order valence-electron chi connectivity index (χ3n) is 8.13. The molecule has 2 amide bonds. The van der Waals surface area contributed by atoms with Crippen molar-refractivity contribution in [1.82, 2.24) is 18.8 Å². The van der Waals surface area contributed by atoms with E-state index in [0.717, 1.165) is 0 Å².